The van der Waals surface area contributed by atoms with Crippen molar-refractivity contribution in [3.05, 3.63) is 41.0 Å². The number of ether oxygens (including phenoxy) is 5. The van der Waals surface area contributed by atoms with Gasteiger partial charge in [-0.1, -0.05) is 0 Å². The van der Waals surface area contributed by atoms with Gasteiger partial charge < -0.3 is 39.0 Å². The zero-order valence-electron chi connectivity index (χ0n) is 17.3. The van der Waals surface area contributed by atoms with Crippen LogP contribution in [0.2, 0.25) is 0 Å². The average molecular weight is 432 g/mol. The fourth-order valence-electron chi connectivity index (χ4n) is 4.57. The maximum absolute atomic E-state index is 12.4. The minimum atomic E-state index is -1.19. The van der Waals surface area contributed by atoms with Crippen LogP contribution in [0.3, 0.4) is 0 Å². The summed E-state index contributed by atoms with van der Waals surface area (Å²) in [6.07, 6.45) is -1.19. The van der Waals surface area contributed by atoms with Crippen molar-refractivity contribution < 1.29 is 43.8 Å². The number of rotatable bonds is 6. The van der Waals surface area contributed by atoms with Crippen molar-refractivity contribution in [2.24, 2.45) is 11.8 Å². The molecule has 4 atom stereocenters. The lowest BCUT2D eigenvalue weighted by Crippen LogP contribution is -2.40. The van der Waals surface area contributed by atoms with Crippen LogP contribution in [0.5, 0.6) is 28.7 Å². The van der Waals surface area contributed by atoms with Crippen molar-refractivity contribution in [1.29, 1.82) is 0 Å². The largest absolute Gasteiger partial charge is 0.493 e. The maximum Gasteiger partial charge on any atom is 0.307 e. The second kappa shape index (κ2) is 8.16. The first kappa shape index (κ1) is 21.1. The van der Waals surface area contributed by atoms with Crippen LogP contribution in [-0.2, 0) is 4.79 Å². The molecule has 2 aromatic carbocycles. The van der Waals surface area contributed by atoms with Gasteiger partial charge in [0.15, 0.2) is 23.0 Å². The van der Waals surface area contributed by atoms with E-state index in [-0.39, 0.29) is 6.79 Å². The highest BCUT2D eigenvalue weighted by molar-refractivity contribution is 5.75. The lowest BCUT2D eigenvalue weighted by atomic mass is 9.65. The minimum absolute atomic E-state index is 0.0367. The predicted molar refractivity (Wildman–Crippen MR) is 107 cm³/mol. The zero-order chi connectivity index (χ0) is 22.3. The summed E-state index contributed by atoms with van der Waals surface area (Å²) < 4.78 is 27.2. The molecule has 31 heavy (non-hydrogen) atoms. The molecule has 1 heterocycles. The molecule has 166 valence electrons. The number of methoxy groups -OCH3 is 3. The van der Waals surface area contributed by atoms with Gasteiger partial charge >= 0.3 is 5.97 Å². The number of carbonyl (C=O) groups is 1. The quantitative estimate of drug-likeness (QED) is 0.628. The molecule has 0 radical (unpaired) electrons. The van der Waals surface area contributed by atoms with Gasteiger partial charge in [-0.05, 0) is 41.0 Å². The fraction of sp³-hybridized carbons (Fsp3) is 0.409. The van der Waals surface area contributed by atoms with Crippen LogP contribution >= 0.6 is 0 Å². The molecule has 0 amide bonds. The number of aliphatic hydroxyl groups is 2. The number of hydrogen-bond donors (Lipinski definition) is 3. The summed E-state index contributed by atoms with van der Waals surface area (Å²) >= 11 is 0. The van der Waals surface area contributed by atoms with Gasteiger partial charge in [-0.15, -0.1) is 0 Å². The molecule has 1 aliphatic carbocycles. The Morgan fingerprint density at radius 2 is 1.58 bits per heavy atom. The number of fused-ring (bicyclic) bond motifs is 2. The first-order valence-electron chi connectivity index (χ1n) is 9.70. The Morgan fingerprint density at radius 3 is 2.06 bits per heavy atom. The summed E-state index contributed by atoms with van der Waals surface area (Å²) in [4.78, 5) is 12.4. The number of carboxylic acid groups (broad SMARTS) is 1. The Labute approximate surface area is 178 Å². The maximum atomic E-state index is 12.4. The van der Waals surface area contributed by atoms with Gasteiger partial charge in [0.25, 0.3) is 0 Å². The molecule has 0 fully saturated rings. The molecule has 0 spiro atoms. The Balaban J connectivity index is 1.99. The highest BCUT2D eigenvalue weighted by Crippen LogP contribution is 2.53. The normalized spacial score (nSPS) is 23.8. The molecule has 0 bridgehead atoms. The number of aliphatic carboxylic acids is 1. The number of carboxylic acids is 1. The zero-order valence-corrected chi connectivity index (χ0v) is 17.3. The van der Waals surface area contributed by atoms with Gasteiger partial charge in [-0.3, -0.25) is 4.79 Å². The summed E-state index contributed by atoms with van der Waals surface area (Å²) in [5.41, 5.74) is 1.63. The van der Waals surface area contributed by atoms with Crippen LogP contribution in [0.1, 0.15) is 28.7 Å². The SMILES string of the molecule is COc1cc([C@@H]2c3cc4c(cc3[C@H](O)[C@H](CO)[C@@H]2C(=O)O)OCO4)cc(OC)c1OC. The molecule has 0 aromatic heterocycles. The van der Waals surface area contributed by atoms with E-state index in [4.69, 9.17) is 23.7 Å². The number of hydrogen-bond acceptors (Lipinski definition) is 8. The Kier molecular flexibility index (Phi) is 5.55. The molecular formula is C22H24O9. The summed E-state index contributed by atoms with van der Waals surface area (Å²) in [6.45, 7) is -0.470. The van der Waals surface area contributed by atoms with Gasteiger partial charge in [-0.2, -0.15) is 0 Å². The van der Waals surface area contributed by atoms with Crippen LogP contribution in [-0.4, -0.2) is 56.0 Å². The number of aliphatic hydroxyl groups excluding tert-OH is 2. The van der Waals surface area contributed by atoms with E-state index in [2.05, 4.69) is 0 Å². The molecule has 2 aromatic rings. The van der Waals surface area contributed by atoms with E-state index >= 15 is 0 Å². The van der Waals surface area contributed by atoms with E-state index in [1.54, 1.807) is 24.3 Å². The minimum Gasteiger partial charge on any atom is -0.493 e. The fourth-order valence-corrected chi connectivity index (χ4v) is 4.57. The summed E-state index contributed by atoms with van der Waals surface area (Å²) in [6, 6.07) is 6.71. The van der Waals surface area contributed by atoms with E-state index in [0.29, 0.717) is 45.4 Å². The molecule has 1 aliphatic heterocycles. The average Bonchev–Trinajstić information content (AvgIpc) is 3.24. The lowest BCUT2D eigenvalue weighted by Gasteiger charge is -2.40. The lowest BCUT2D eigenvalue weighted by molar-refractivity contribution is -0.148. The standard InChI is InChI=1S/C22H24O9/c1-27-16-4-10(5-17(28-2)21(16)29-3)18-11-6-14-15(31-9-30-14)7-12(11)20(24)13(8-23)19(18)22(25)26/h4-7,13,18-20,23-24H,8-9H2,1-3H3,(H,25,26)/t13-,18-,19+,20+/m1/s1. The van der Waals surface area contributed by atoms with Crippen molar-refractivity contribution >= 4 is 5.97 Å². The van der Waals surface area contributed by atoms with Crippen molar-refractivity contribution in [3.8, 4) is 28.7 Å². The van der Waals surface area contributed by atoms with Crippen LogP contribution < -0.4 is 23.7 Å². The molecule has 9 nitrogen and oxygen atoms in total. The third kappa shape index (κ3) is 3.30. The van der Waals surface area contributed by atoms with Crippen molar-refractivity contribution in [3.63, 3.8) is 0 Å². The van der Waals surface area contributed by atoms with Gasteiger partial charge in [0.2, 0.25) is 12.5 Å². The van der Waals surface area contributed by atoms with Crippen molar-refractivity contribution in [2.45, 2.75) is 12.0 Å². The van der Waals surface area contributed by atoms with Crippen molar-refractivity contribution in [2.75, 3.05) is 34.7 Å². The second-order valence-electron chi connectivity index (χ2n) is 7.43. The summed E-state index contributed by atoms with van der Waals surface area (Å²) in [5, 5.41) is 31.0. The Bertz CT molecular complexity index is 978. The highest BCUT2D eigenvalue weighted by atomic mass is 16.7. The van der Waals surface area contributed by atoms with E-state index in [1.807, 2.05) is 0 Å². The van der Waals surface area contributed by atoms with Gasteiger partial charge in [0.1, 0.15) is 0 Å². The van der Waals surface area contributed by atoms with Crippen LogP contribution in [0, 0.1) is 11.8 Å². The van der Waals surface area contributed by atoms with E-state index < -0.39 is 36.4 Å². The van der Waals surface area contributed by atoms with Gasteiger partial charge in [0.05, 0.1) is 33.4 Å². The molecule has 9 heteroatoms. The first-order valence-corrected chi connectivity index (χ1v) is 9.70. The van der Waals surface area contributed by atoms with Gasteiger partial charge in [-0.25, -0.2) is 0 Å². The monoisotopic (exact) mass is 432 g/mol. The highest BCUT2D eigenvalue weighted by Gasteiger charge is 2.47. The molecule has 0 unspecified atom stereocenters. The Hall–Kier alpha value is -3.17. The Morgan fingerprint density at radius 1 is 1.00 bits per heavy atom. The van der Waals surface area contributed by atoms with E-state index in [0.717, 1.165) is 0 Å². The molecule has 0 saturated heterocycles. The molecule has 0 saturated carbocycles. The third-order valence-electron chi connectivity index (χ3n) is 6.00. The predicted octanol–water partition coefficient (Wildman–Crippen LogP) is 1.93. The molecule has 4 rings (SSSR count). The van der Waals surface area contributed by atoms with Crippen LogP contribution in [0.25, 0.3) is 0 Å². The van der Waals surface area contributed by atoms with Crippen LogP contribution in [0.4, 0.5) is 0 Å². The van der Waals surface area contributed by atoms with E-state index in [9.17, 15) is 20.1 Å². The third-order valence-corrected chi connectivity index (χ3v) is 6.00. The molecule has 2 aliphatic rings. The second-order valence-corrected chi connectivity index (χ2v) is 7.43. The molecule has 3 N–H and O–H groups in total. The number of benzene rings is 2. The summed E-state index contributed by atoms with van der Waals surface area (Å²) in [5.74, 6) is -1.87. The van der Waals surface area contributed by atoms with Crippen molar-refractivity contribution in [1.82, 2.24) is 0 Å². The first-order chi connectivity index (χ1) is 14.9. The smallest absolute Gasteiger partial charge is 0.307 e. The topological polar surface area (TPSA) is 124 Å². The van der Waals surface area contributed by atoms with Crippen LogP contribution in [0.15, 0.2) is 24.3 Å². The molecular weight excluding hydrogens is 408 g/mol. The van der Waals surface area contributed by atoms with E-state index in [1.165, 1.54) is 21.3 Å². The summed E-state index contributed by atoms with van der Waals surface area (Å²) in [7, 11) is 4.43. The van der Waals surface area contributed by atoms with Gasteiger partial charge in [0, 0.05) is 18.4 Å².